The number of rotatable bonds is 4. The zero-order valence-corrected chi connectivity index (χ0v) is 8.71. The van der Waals surface area contributed by atoms with Crippen molar-refractivity contribution in [3.63, 3.8) is 0 Å². The Labute approximate surface area is 87.8 Å². The van der Waals surface area contributed by atoms with Crippen molar-refractivity contribution in [2.75, 3.05) is 6.61 Å². The van der Waals surface area contributed by atoms with Gasteiger partial charge in [-0.15, -0.1) is 0 Å². The largest absolute Gasteiger partial charge is 0.477 e. The van der Waals surface area contributed by atoms with Gasteiger partial charge in [0, 0.05) is 6.20 Å². The van der Waals surface area contributed by atoms with E-state index >= 15 is 0 Å². The molecule has 0 spiro atoms. The molecule has 1 rings (SSSR count). The molecule has 0 aliphatic carbocycles. The van der Waals surface area contributed by atoms with E-state index in [0.717, 1.165) is 0 Å². The Bertz CT molecular complexity index is 352. The molecule has 0 bridgehead atoms. The van der Waals surface area contributed by atoms with Crippen molar-refractivity contribution in [2.45, 2.75) is 13.8 Å². The third-order valence-corrected chi connectivity index (χ3v) is 1.61. The maximum absolute atomic E-state index is 8.54. The molecule has 1 aromatic rings. The van der Waals surface area contributed by atoms with Gasteiger partial charge in [0.25, 0.3) is 0 Å². The number of nitrogens with zero attached hydrogens (tertiary/aromatic N) is 3. The fourth-order valence-electron chi connectivity index (χ4n) is 0.909. The van der Waals surface area contributed by atoms with E-state index in [-0.39, 0.29) is 5.84 Å². The van der Waals surface area contributed by atoms with Crippen molar-refractivity contribution in [3.8, 4) is 5.88 Å². The second-order valence-electron chi connectivity index (χ2n) is 3.43. The number of oxime groups is 1. The molecular weight excluding hydrogens is 196 g/mol. The highest BCUT2D eigenvalue weighted by Gasteiger charge is 2.10. The monoisotopic (exact) mass is 210 g/mol. The lowest BCUT2D eigenvalue weighted by molar-refractivity contribution is 0.260. The van der Waals surface area contributed by atoms with Gasteiger partial charge in [0.2, 0.25) is 5.88 Å². The molecule has 0 aromatic carbocycles. The first kappa shape index (κ1) is 11.2. The summed E-state index contributed by atoms with van der Waals surface area (Å²) in [7, 11) is 0. The fourth-order valence-corrected chi connectivity index (χ4v) is 0.909. The number of hydrogen-bond acceptors (Lipinski definition) is 5. The standard InChI is InChI=1S/C9H14N4O2/c1-6(2)4-15-9-7(8(10)13-14)3-11-5-12-9/h3,5-6,14H,4H2,1-2H3,(H2,10,13). The molecule has 0 unspecified atom stereocenters. The molecule has 0 radical (unpaired) electrons. The van der Waals surface area contributed by atoms with Gasteiger partial charge in [0.15, 0.2) is 5.84 Å². The van der Waals surface area contributed by atoms with E-state index in [1.807, 2.05) is 13.8 Å². The van der Waals surface area contributed by atoms with Gasteiger partial charge in [-0.2, -0.15) is 0 Å². The quantitative estimate of drug-likeness (QED) is 0.328. The first-order valence-electron chi connectivity index (χ1n) is 4.55. The lowest BCUT2D eigenvalue weighted by Crippen LogP contribution is -2.17. The smallest absolute Gasteiger partial charge is 0.227 e. The van der Waals surface area contributed by atoms with E-state index in [2.05, 4.69) is 15.1 Å². The summed E-state index contributed by atoms with van der Waals surface area (Å²) in [5, 5.41) is 11.4. The zero-order valence-electron chi connectivity index (χ0n) is 8.71. The molecule has 0 saturated heterocycles. The Hall–Kier alpha value is -1.85. The summed E-state index contributed by atoms with van der Waals surface area (Å²) in [6.45, 7) is 4.55. The molecule has 0 fully saturated rings. The lowest BCUT2D eigenvalue weighted by Gasteiger charge is -2.10. The fraction of sp³-hybridized carbons (Fsp3) is 0.444. The normalized spacial score (nSPS) is 11.8. The van der Waals surface area contributed by atoms with Crippen molar-refractivity contribution in [2.24, 2.45) is 16.8 Å². The molecule has 3 N–H and O–H groups in total. The van der Waals surface area contributed by atoms with Crippen LogP contribution in [0.25, 0.3) is 0 Å². The Morgan fingerprint density at radius 3 is 3.00 bits per heavy atom. The molecule has 1 aromatic heterocycles. The average molecular weight is 210 g/mol. The van der Waals surface area contributed by atoms with Crippen LogP contribution in [0.15, 0.2) is 17.7 Å². The predicted molar refractivity (Wildman–Crippen MR) is 54.9 cm³/mol. The highest BCUT2D eigenvalue weighted by molar-refractivity contribution is 5.98. The maximum Gasteiger partial charge on any atom is 0.227 e. The molecule has 15 heavy (non-hydrogen) atoms. The van der Waals surface area contributed by atoms with Crippen molar-refractivity contribution < 1.29 is 9.94 Å². The molecule has 82 valence electrons. The van der Waals surface area contributed by atoms with Gasteiger partial charge in [-0.05, 0) is 5.92 Å². The van der Waals surface area contributed by atoms with Crippen LogP contribution in [0, 0.1) is 5.92 Å². The van der Waals surface area contributed by atoms with Crippen molar-refractivity contribution >= 4 is 5.84 Å². The Morgan fingerprint density at radius 2 is 2.40 bits per heavy atom. The van der Waals surface area contributed by atoms with Gasteiger partial charge in [0.1, 0.15) is 11.9 Å². The Kier molecular flexibility index (Phi) is 3.84. The minimum absolute atomic E-state index is 0.0608. The van der Waals surface area contributed by atoms with E-state index in [1.54, 1.807) is 0 Å². The molecular formula is C9H14N4O2. The van der Waals surface area contributed by atoms with Crippen LogP contribution in [0.3, 0.4) is 0 Å². The van der Waals surface area contributed by atoms with E-state index < -0.39 is 0 Å². The predicted octanol–water partition coefficient (Wildman–Crippen LogP) is 0.606. The molecule has 6 heteroatoms. The van der Waals surface area contributed by atoms with Gasteiger partial charge in [0.05, 0.1) is 6.61 Å². The van der Waals surface area contributed by atoms with Gasteiger partial charge in [-0.25, -0.2) is 9.97 Å². The zero-order chi connectivity index (χ0) is 11.3. The van der Waals surface area contributed by atoms with Crippen molar-refractivity contribution in [1.82, 2.24) is 9.97 Å². The minimum Gasteiger partial charge on any atom is -0.477 e. The summed E-state index contributed by atoms with van der Waals surface area (Å²) in [6.07, 6.45) is 2.79. The second kappa shape index (κ2) is 5.14. The summed E-state index contributed by atoms with van der Waals surface area (Å²) in [6, 6.07) is 0. The molecule has 6 nitrogen and oxygen atoms in total. The number of hydrogen-bond donors (Lipinski definition) is 2. The molecule has 1 heterocycles. The molecule has 0 saturated carbocycles. The molecule has 0 atom stereocenters. The Balaban J connectivity index is 2.87. The maximum atomic E-state index is 8.54. The van der Waals surface area contributed by atoms with Crippen molar-refractivity contribution in [1.29, 1.82) is 0 Å². The third kappa shape index (κ3) is 3.08. The summed E-state index contributed by atoms with van der Waals surface area (Å²) < 4.78 is 5.40. The van der Waals surface area contributed by atoms with E-state index in [1.165, 1.54) is 12.5 Å². The van der Waals surface area contributed by atoms with E-state index in [4.69, 9.17) is 15.7 Å². The number of aromatic nitrogens is 2. The molecule has 0 aliphatic rings. The average Bonchev–Trinajstić information content (AvgIpc) is 2.25. The first-order chi connectivity index (χ1) is 7.15. The van der Waals surface area contributed by atoms with E-state index in [9.17, 15) is 0 Å². The number of nitrogens with two attached hydrogens (primary N) is 1. The van der Waals surface area contributed by atoms with Crippen LogP contribution in [-0.4, -0.2) is 27.6 Å². The molecule has 0 aliphatic heterocycles. The summed E-state index contributed by atoms with van der Waals surface area (Å²) in [5.74, 6) is 0.642. The van der Waals surface area contributed by atoms with Crippen LogP contribution in [0.4, 0.5) is 0 Å². The molecule has 0 amide bonds. The number of amidine groups is 1. The van der Waals surface area contributed by atoms with Gasteiger partial charge in [-0.1, -0.05) is 19.0 Å². The summed E-state index contributed by atoms with van der Waals surface area (Å²) >= 11 is 0. The highest BCUT2D eigenvalue weighted by atomic mass is 16.5. The highest BCUT2D eigenvalue weighted by Crippen LogP contribution is 2.13. The van der Waals surface area contributed by atoms with Crippen LogP contribution in [0.2, 0.25) is 0 Å². The second-order valence-corrected chi connectivity index (χ2v) is 3.43. The van der Waals surface area contributed by atoms with Crippen LogP contribution in [0.1, 0.15) is 19.4 Å². The van der Waals surface area contributed by atoms with Crippen LogP contribution in [-0.2, 0) is 0 Å². The minimum atomic E-state index is -0.0608. The van der Waals surface area contributed by atoms with Crippen LogP contribution in [0.5, 0.6) is 5.88 Å². The SMILES string of the molecule is CC(C)COc1ncncc1/C(N)=N\O. The van der Waals surface area contributed by atoms with Gasteiger partial charge in [-0.3, -0.25) is 0 Å². The summed E-state index contributed by atoms with van der Waals surface area (Å²) in [4.78, 5) is 7.69. The topological polar surface area (TPSA) is 93.6 Å². The van der Waals surface area contributed by atoms with Crippen molar-refractivity contribution in [3.05, 3.63) is 18.1 Å². The lowest BCUT2D eigenvalue weighted by atomic mass is 10.2. The van der Waals surface area contributed by atoms with Crippen LogP contribution < -0.4 is 10.5 Å². The van der Waals surface area contributed by atoms with E-state index in [0.29, 0.717) is 24.0 Å². The van der Waals surface area contributed by atoms with Crippen LogP contribution >= 0.6 is 0 Å². The first-order valence-corrected chi connectivity index (χ1v) is 4.55. The Morgan fingerprint density at radius 1 is 1.67 bits per heavy atom. The van der Waals surface area contributed by atoms with Gasteiger partial charge >= 0.3 is 0 Å². The van der Waals surface area contributed by atoms with Gasteiger partial charge < -0.3 is 15.7 Å². The summed E-state index contributed by atoms with van der Waals surface area (Å²) in [5.41, 5.74) is 5.83. The number of ether oxygens (including phenoxy) is 1. The third-order valence-electron chi connectivity index (χ3n) is 1.61.